The van der Waals surface area contributed by atoms with Crippen LogP contribution in [0.3, 0.4) is 0 Å². The molecular weight excluding hydrogens is 302 g/mol. The minimum Gasteiger partial charge on any atom is -0.266 e. The zero-order valence-electron chi connectivity index (χ0n) is 12.4. The lowest BCUT2D eigenvalue weighted by Gasteiger charge is -2.16. The predicted molar refractivity (Wildman–Crippen MR) is 89.9 cm³/mol. The SMILES string of the molecule is CCN(/N=C/c1ccc(Cl)c([N+](=O)[O-])c1)c1ccc(C)cc1. The minimum absolute atomic E-state index is 0.119. The smallest absolute Gasteiger partial charge is 0.266 e. The second-order valence-electron chi connectivity index (χ2n) is 4.76. The van der Waals surface area contributed by atoms with Crippen LogP contribution in [0.15, 0.2) is 47.6 Å². The number of hydrogen-bond acceptors (Lipinski definition) is 4. The lowest BCUT2D eigenvalue weighted by atomic mass is 10.2. The van der Waals surface area contributed by atoms with Gasteiger partial charge in [-0.3, -0.25) is 15.1 Å². The van der Waals surface area contributed by atoms with Crippen molar-refractivity contribution in [3.8, 4) is 0 Å². The van der Waals surface area contributed by atoms with Crippen LogP contribution in [0.2, 0.25) is 5.02 Å². The number of nitro groups is 1. The number of nitro benzene ring substituents is 1. The monoisotopic (exact) mass is 317 g/mol. The van der Waals surface area contributed by atoms with Gasteiger partial charge in [0.25, 0.3) is 5.69 Å². The van der Waals surface area contributed by atoms with E-state index in [1.807, 2.05) is 43.1 Å². The fraction of sp³-hybridized carbons (Fsp3) is 0.188. The van der Waals surface area contributed by atoms with Gasteiger partial charge in [-0.15, -0.1) is 0 Å². The van der Waals surface area contributed by atoms with Crippen molar-refractivity contribution in [1.29, 1.82) is 0 Å². The van der Waals surface area contributed by atoms with Gasteiger partial charge >= 0.3 is 0 Å². The van der Waals surface area contributed by atoms with Crippen LogP contribution in [-0.2, 0) is 0 Å². The van der Waals surface area contributed by atoms with Gasteiger partial charge in [0, 0.05) is 18.2 Å². The lowest BCUT2D eigenvalue weighted by molar-refractivity contribution is -0.384. The van der Waals surface area contributed by atoms with Crippen molar-refractivity contribution in [3.05, 3.63) is 68.7 Å². The van der Waals surface area contributed by atoms with Crippen LogP contribution in [0.25, 0.3) is 0 Å². The Balaban J connectivity index is 2.24. The van der Waals surface area contributed by atoms with Crippen LogP contribution in [0.5, 0.6) is 0 Å². The van der Waals surface area contributed by atoms with Crippen molar-refractivity contribution in [2.45, 2.75) is 13.8 Å². The van der Waals surface area contributed by atoms with Gasteiger partial charge in [0.05, 0.1) is 16.8 Å². The maximum Gasteiger partial charge on any atom is 0.288 e. The van der Waals surface area contributed by atoms with E-state index in [0.29, 0.717) is 12.1 Å². The highest BCUT2D eigenvalue weighted by atomic mass is 35.5. The number of benzene rings is 2. The second-order valence-corrected chi connectivity index (χ2v) is 5.17. The van der Waals surface area contributed by atoms with Gasteiger partial charge in [-0.2, -0.15) is 5.10 Å². The van der Waals surface area contributed by atoms with Crippen molar-refractivity contribution in [1.82, 2.24) is 0 Å². The number of rotatable bonds is 5. The first-order chi connectivity index (χ1) is 10.5. The normalized spacial score (nSPS) is 10.9. The number of aryl methyl sites for hydroxylation is 1. The summed E-state index contributed by atoms with van der Waals surface area (Å²) in [6.07, 6.45) is 1.59. The first kappa shape index (κ1) is 16.0. The van der Waals surface area contributed by atoms with E-state index in [4.69, 9.17) is 11.6 Å². The van der Waals surface area contributed by atoms with E-state index in [1.54, 1.807) is 12.3 Å². The third kappa shape index (κ3) is 3.83. The summed E-state index contributed by atoms with van der Waals surface area (Å²) < 4.78 is 0. The zero-order valence-corrected chi connectivity index (χ0v) is 13.1. The number of hydrazone groups is 1. The Morgan fingerprint density at radius 1 is 1.27 bits per heavy atom. The predicted octanol–water partition coefficient (Wildman–Crippen LogP) is 4.42. The van der Waals surface area contributed by atoms with Gasteiger partial charge < -0.3 is 0 Å². The molecule has 0 aliphatic carbocycles. The Labute approximate surface area is 134 Å². The maximum atomic E-state index is 10.9. The molecule has 0 aliphatic rings. The number of nitrogens with zero attached hydrogens (tertiary/aromatic N) is 3. The molecule has 2 rings (SSSR count). The summed E-state index contributed by atoms with van der Waals surface area (Å²) in [6.45, 7) is 4.70. The summed E-state index contributed by atoms with van der Waals surface area (Å²) in [4.78, 5) is 10.4. The van der Waals surface area contributed by atoms with E-state index >= 15 is 0 Å². The van der Waals surface area contributed by atoms with E-state index in [2.05, 4.69) is 5.10 Å². The largest absolute Gasteiger partial charge is 0.288 e. The first-order valence-electron chi connectivity index (χ1n) is 6.83. The molecule has 0 saturated carbocycles. The summed E-state index contributed by atoms with van der Waals surface area (Å²) in [6, 6.07) is 12.6. The van der Waals surface area contributed by atoms with Crippen LogP contribution in [0.1, 0.15) is 18.1 Å². The summed E-state index contributed by atoms with van der Waals surface area (Å²) >= 11 is 5.80. The molecule has 0 bridgehead atoms. The standard InChI is InChI=1S/C16H16ClN3O2/c1-3-19(14-7-4-12(2)5-8-14)18-11-13-6-9-15(17)16(10-13)20(21)22/h4-11H,3H2,1-2H3/b18-11+. The van der Waals surface area contributed by atoms with Gasteiger partial charge in [0.2, 0.25) is 0 Å². The van der Waals surface area contributed by atoms with E-state index < -0.39 is 4.92 Å². The average Bonchev–Trinajstić information content (AvgIpc) is 2.50. The zero-order chi connectivity index (χ0) is 16.1. The molecule has 22 heavy (non-hydrogen) atoms. The molecule has 0 spiro atoms. The van der Waals surface area contributed by atoms with Crippen molar-refractivity contribution in [2.75, 3.05) is 11.6 Å². The van der Waals surface area contributed by atoms with Gasteiger partial charge in [-0.25, -0.2) is 0 Å². The quantitative estimate of drug-likeness (QED) is 0.466. The second kappa shape index (κ2) is 7.04. The van der Waals surface area contributed by atoms with Crippen molar-refractivity contribution >= 4 is 29.2 Å². The fourth-order valence-corrected chi connectivity index (χ4v) is 2.12. The molecular formula is C16H16ClN3O2. The van der Waals surface area contributed by atoms with Crippen LogP contribution in [-0.4, -0.2) is 17.7 Å². The molecule has 0 aromatic heterocycles. The number of hydrogen-bond donors (Lipinski definition) is 0. The number of anilines is 1. The van der Waals surface area contributed by atoms with Crippen LogP contribution in [0.4, 0.5) is 11.4 Å². The van der Waals surface area contributed by atoms with Crippen molar-refractivity contribution < 1.29 is 4.92 Å². The molecule has 0 fully saturated rings. The molecule has 2 aromatic carbocycles. The van der Waals surface area contributed by atoms with E-state index in [1.165, 1.54) is 17.7 Å². The Morgan fingerprint density at radius 2 is 1.95 bits per heavy atom. The third-order valence-corrected chi connectivity index (χ3v) is 3.46. The first-order valence-corrected chi connectivity index (χ1v) is 7.21. The van der Waals surface area contributed by atoms with Gasteiger partial charge in [0.15, 0.2) is 0 Å². The minimum atomic E-state index is -0.503. The van der Waals surface area contributed by atoms with Crippen molar-refractivity contribution in [2.24, 2.45) is 5.10 Å². The van der Waals surface area contributed by atoms with E-state index in [9.17, 15) is 10.1 Å². The van der Waals surface area contributed by atoms with E-state index in [0.717, 1.165) is 5.69 Å². The summed E-state index contributed by atoms with van der Waals surface area (Å²) in [7, 11) is 0. The summed E-state index contributed by atoms with van der Waals surface area (Å²) in [5.74, 6) is 0. The van der Waals surface area contributed by atoms with Crippen LogP contribution < -0.4 is 5.01 Å². The molecule has 0 amide bonds. The van der Waals surface area contributed by atoms with Crippen LogP contribution in [0, 0.1) is 17.0 Å². The van der Waals surface area contributed by atoms with Gasteiger partial charge in [-0.1, -0.05) is 35.4 Å². The summed E-state index contributed by atoms with van der Waals surface area (Å²) in [5, 5.41) is 17.2. The molecule has 0 aliphatic heterocycles. The van der Waals surface area contributed by atoms with E-state index in [-0.39, 0.29) is 10.7 Å². The Kier molecular flexibility index (Phi) is 5.12. The van der Waals surface area contributed by atoms with Gasteiger partial charge in [-0.05, 0) is 32.0 Å². The Hall–Kier alpha value is -2.40. The highest BCUT2D eigenvalue weighted by Gasteiger charge is 2.12. The molecule has 0 saturated heterocycles. The molecule has 2 aromatic rings. The Morgan fingerprint density at radius 3 is 2.55 bits per heavy atom. The molecule has 6 heteroatoms. The van der Waals surface area contributed by atoms with Crippen LogP contribution >= 0.6 is 11.6 Å². The van der Waals surface area contributed by atoms with Gasteiger partial charge in [0.1, 0.15) is 5.02 Å². The highest BCUT2D eigenvalue weighted by Crippen LogP contribution is 2.24. The highest BCUT2D eigenvalue weighted by molar-refractivity contribution is 6.32. The molecule has 0 unspecified atom stereocenters. The maximum absolute atomic E-state index is 10.9. The summed E-state index contributed by atoms with van der Waals surface area (Å²) in [5.41, 5.74) is 2.65. The lowest BCUT2D eigenvalue weighted by Crippen LogP contribution is -2.15. The molecule has 114 valence electrons. The third-order valence-electron chi connectivity index (χ3n) is 3.14. The molecule has 0 radical (unpaired) electrons. The molecule has 0 N–H and O–H groups in total. The fourth-order valence-electron chi connectivity index (χ4n) is 1.93. The molecule has 0 atom stereocenters. The molecule has 0 heterocycles. The number of halogens is 1. The average molecular weight is 318 g/mol. The van der Waals surface area contributed by atoms with Crippen molar-refractivity contribution in [3.63, 3.8) is 0 Å². The molecule has 5 nitrogen and oxygen atoms in total. The Bertz CT molecular complexity index is 699. The topological polar surface area (TPSA) is 58.7 Å².